The summed E-state index contributed by atoms with van der Waals surface area (Å²) in [6, 6.07) is 2.08. The van der Waals surface area contributed by atoms with Crippen molar-refractivity contribution in [2.75, 3.05) is 30.5 Å². The Morgan fingerprint density at radius 3 is 2.62 bits per heavy atom. The summed E-state index contributed by atoms with van der Waals surface area (Å²) in [7, 11) is 3.77. The zero-order valence-electron chi connectivity index (χ0n) is 12.9. The molecule has 0 amide bonds. The minimum atomic E-state index is 0.267. The van der Waals surface area contributed by atoms with Crippen LogP contribution in [0.4, 0.5) is 11.9 Å². The second-order valence-corrected chi connectivity index (χ2v) is 6.11. The number of thioether (sulfide) groups is 1. The number of nitrogens with two attached hydrogens (primary N) is 1. The zero-order valence-corrected chi connectivity index (χ0v) is 13.7. The van der Waals surface area contributed by atoms with E-state index in [1.54, 1.807) is 11.8 Å². The van der Waals surface area contributed by atoms with E-state index >= 15 is 0 Å². The molecule has 0 saturated heterocycles. The fraction of sp³-hybridized carbons (Fsp3) is 0.538. The molecule has 2 heterocycles. The van der Waals surface area contributed by atoms with Crippen molar-refractivity contribution in [3.63, 3.8) is 0 Å². The van der Waals surface area contributed by atoms with Crippen LogP contribution in [0.5, 0.6) is 0 Å². The van der Waals surface area contributed by atoms with Gasteiger partial charge in [0.2, 0.25) is 11.9 Å². The van der Waals surface area contributed by atoms with E-state index in [9.17, 15) is 0 Å². The molecule has 0 radical (unpaired) electrons. The Balaban J connectivity index is 1.87. The first-order valence-corrected chi connectivity index (χ1v) is 7.87. The van der Waals surface area contributed by atoms with Gasteiger partial charge in [0.05, 0.1) is 18.0 Å². The second-order valence-electron chi connectivity index (χ2n) is 5.01. The maximum absolute atomic E-state index is 5.70. The number of hydrogen-bond acceptors (Lipinski definition) is 7. The van der Waals surface area contributed by atoms with Gasteiger partial charge in [0.1, 0.15) is 5.82 Å². The SMILES string of the molecule is Cc1cc(C)n(CCSCc2nc(N)nc(N(C)C)n2)n1. The second kappa shape index (κ2) is 6.75. The number of nitrogen functional groups attached to an aromatic ring is 1. The standard InChI is InChI=1S/C13H21N7S/c1-9-7-10(2)20(18-9)5-6-21-8-11-15-12(14)17-13(16-11)19(3)4/h7H,5-6,8H2,1-4H3,(H2,14,15,16,17). The summed E-state index contributed by atoms with van der Waals surface area (Å²) >= 11 is 1.76. The molecule has 0 spiro atoms. The number of rotatable bonds is 6. The zero-order chi connectivity index (χ0) is 15.4. The van der Waals surface area contributed by atoms with E-state index in [4.69, 9.17) is 5.73 Å². The number of anilines is 2. The maximum Gasteiger partial charge on any atom is 0.229 e. The smallest absolute Gasteiger partial charge is 0.229 e. The Morgan fingerprint density at radius 1 is 1.24 bits per heavy atom. The molecule has 7 nitrogen and oxygen atoms in total. The van der Waals surface area contributed by atoms with Crippen LogP contribution >= 0.6 is 11.8 Å². The fourth-order valence-corrected chi connectivity index (χ4v) is 2.66. The summed E-state index contributed by atoms with van der Waals surface area (Å²) in [4.78, 5) is 14.5. The van der Waals surface area contributed by atoms with Crippen LogP contribution in [0.25, 0.3) is 0 Å². The van der Waals surface area contributed by atoms with Gasteiger partial charge in [-0.05, 0) is 19.9 Å². The predicted molar refractivity (Wildman–Crippen MR) is 86.4 cm³/mol. The number of aromatic nitrogens is 5. The summed E-state index contributed by atoms with van der Waals surface area (Å²) in [6.45, 7) is 4.96. The van der Waals surface area contributed by atoms with Crippen molar-refractivity contribution in [2.24, 2.45) is 0 Å². The lowest BCUT2D eigenvalue weighted by Gasteiger charge is -2.11. The summed E-state index contributed by atoms with van der Waals surface area (Å²) < 4.78 is 2.02. The first-order chi connectivity index (χ1) is 9.95. The minimum Gasteiger partial charge on any atom is -0.368 e. The minimum absolute atomic E-state index is 0.267. The quantitative estimate of drug-likeness (QED) is 0.804. The van der Waals surface area contributed by atoms with Crippen molar-refractivity contribution in [2.45, 2.75) is 26.1 Å². The lowest BCUT2D eigenvalue weighted by atomic mass is 10.4. The van der Waals surface area contributed by atoms with E-state index in [1.165, 1.54) is 5.69 Å². The average Bonchev–Trinajstić information content (AvgIpc) is 2.72. The Kier molecular flexibility index (Phi) is 5.00. The fourth-order valence-electron chi connectivity index (χ4n) is 1.91. The van der Waals surface area contributed by atoms with Crippen LogP contribution in [0.1, 0.15) is 17.2 Å². The molecule has 21 heavy (non-hydrogen) atoms. The molecule has 2 aromatic rings. The molecular weight excluding hydrogens is 286 g/mol. The van der Waals surface area contributed by atoms with E-state index in [1.807, 2.05) is 30.6 Å². The third-order valence-electron chi connectivity index (χ3n) is 2.87. The van der Waals surface area contributed by atoms with E-state index < -0.39 is 0 Å². The Bertz CT molecular complexity index is 609. The van der Waals surface area contributed by atoms with Crippen molar-refractivity contribution in [3.05, 3.63) is 23.3 Å². The normalized spacial score (nSPS) is 10.9. The van der Waals surface area contributed by atoms with Gasteiger partial charge in [0.25, 0.3) is 0 Å². The maximum atomic E-state index is 5.70. The van der Waals surface area contributed by atoms with Gasteiger partial charge in [-0.3, -0.25) is 4.68 Å². The van der Waals surface area contributed by atoms with Crippen molar-refractivity contribution in [1.82, 2.24) is 24.7 Å². The molecule has 0 aliphatic carbocycles. The molecule has 2 N–H and O–H groups in total. The van der Waals surface area contributed by atoms with Crippen LogP contribution in [0, 0.1) is 13.8 Å². The number of hydrogen-bond donors (Lipinski definition) is 1. The topological polar surface area (TPSA) is 85.8 Å². The van der Waals surface area contributed by atoms with Crippen molar-refractivity contribution in [1.29, 1.82) is 0 Å². The molecule has 0 atom stereocenters. The van der Waals surface area contributed by atoms with Gasteiger partial charge in [-0.2, -0.15) is 31.8 Å². The Hall–Kier alpha value is -1.83. The van der Waals surface area contributed by atoms with Crippen molar-refractivity contribution < 1.29 is 0 Å². The van der Waals surface area contributed by atoms with Crippen LogP contribution in [0.3, 0.4) is 0 Å². The van der Waals surface area contributed by atoms with Gasteiger partial charge in [0, 0.05) is 25.5 Å². The third kappa shape index (κ3) is 4.32. The van der Waals surface area contributed by atoms with Crippen molar-refractivity contribution >= 4 is 23.7 Å². The van der Waals surface area contributed by atoms with E-state index in [2.05, 4.69) is 33.0 Å². The third-order valence-corrected chi connectivity index (χ3v) is 3.80. The lowest BCUT2D eigenvalue weighted by molar-refractivity contribution is 0.640. The summed E-state index contributed by atoms with van der Waals surface area (Å²) in [5.74, 6) is 3.24. The first kappa shape index (κ1) is 15.6. The van der Waals surface area contributed by atoms with Gasteiger partial charge in [-0.15, -0.1) is 0 Å². The Labute approximate surface area is 129 Å². The highest BCUT2D eigenvalue weighted by Crippen LogP contribution is 2.13. The molecule has 114 valence electrons. The van der Waals surface area contributed by atoms with Crippen LogP contribution < -0.4 is 10.6 Å². The first-order valence-electron chi connectivity index (χ1n) is 6.72. The molecular formula is C13H21N7S. The van der Waals surface area contributed by atoms with Gasteiger partial charge in [0.15, 0.2) is 0 Å². The number of aryl methyl sites for hydroxylation is 3. The van der Waals surface area contributed by atoms with Gasteiger partial charge in [-0.25, -0.2) is 0 Å². The molecule has 0 aliphatic rings. The van der Waals surface area contributed by atoms with Gasteiger partial charge >= 0.3 is 0 Å². The molecule has 0 bridgehead atoms. The molecule has 0 saturated carbocycles. The molecule has 0 fully saturated rings. The highest BCUT2D eigenvalue weighted by Gasteiger charge is 2.06. The van der Waals surface area contributed by atoms with Crippen molar-refractivity contribution in [3.8, 4) is 0 Å². The van der Waals surface area contributed by atoms with Crippen LogP contribution in [-0.2, 0) is 12.3 Å². The number of nitrogens with zero attached hydrogens (tertiary/aromatic N) is 6. The predicted octanol–water partition coefficient (Wildman–Crippen LogP) is 1.27. The summed E-state index contributed by atoms with van der Waals surface area (Å²) in [6.07, 6.45) is 0. The molecule has 2 rings (SSSR count). The summed E-state index contributed by atoms with van der Waals surface area (Å²) in [5, 5.41) is 4.44. The van der Waals surface area contributed by atoms with E-state index in [0.29, 0.717) is 17.5 Å². The molecule has 0 aromatic carbocycles. The highest BCUT2D eigenvalue weighted by atomic mass is 32.2. The molecule has 8 heteroatoms. The Morgan fingerprint density at radius 2 is 2.00 bits per heavy atom. The molecule has 0 unspecified atom stereocenters. The lowest BCUT2D eigenvalue weighted by Crippen LogP contribution is -2.16. The van der Waals surface area contributed by atoms with Crippen LogP contribution in [0.15, 0.2) is 6.07 Å². The van der Waals surface area contributed by atoms with Gasteiger partial charge < -0.3 is 10.6 Å². The summed E-state index contributed by atoms with van der Waals surface area (Å²) in [5.41, 5.74) is 7.94. The largest absolute Gasteiger partial charge is 0.368 e. The monoisotopic (exact) mass is 307 g/mol. The van der Waals surface area contributed by atoms with E-state index in [-0.39, 0.29) is 5.95 Å². The molecule has 0 aliphatic heterocycles. The highest BCUT2D eigenvalue weighted by molar-refractivity contribution is 7.98. The molecule has 2 aromatic heterocycles. The van der Waals surface area contributed by atoms with Crippen LogP contribution in [-0.4, -0.2) is 44.6 Å². The van der Waals surface area contributed by atoms with Gasteiger partial charge in [-0.1, -0.05) is 0 Å². The van der Waals surface area contributed by atoms with Crippen LogP contribution in [0.2, 0.25) is 0 Å². The van der Waals surface area contributed by atoms with E-state index in [0.717, 1.165) is 18.0 Å². The average molecular weight is 307 g/mol.